The summed E-state index contributed by atoms with van der Waals surface area (Å²) >= 11 is 0. The molecule has 0 heterocycles. The van der Waals surface area contributed by atoms with Gasteiger partial charge in [-0.05, 0) is 40.6 Å². The van der Waals surface area contributed by atoms with Gasteiger partial charge in [-0.2, -0.15) is 0 Å². The molecule has 4 rings (SSSR count). The van der Waals surface area contributed by atoms with Gasteiger partial charge in [-0.3, -0.25) is 5.32 Å². The van der Waals surface area contributed by atoms with E-state index in [1.165, 1.54) is 0 Å². The number of carbonyl (C=O) groups is 1. The van der Waals surface area contributed by atoms with E-state index in [1.807, 2.05) is 72.8 Å². The Kier molecular flexibility index (Phi) is 5.52. The van der Waals surface area contributed by atoms with Crippen LogP contribution < -0.4 is 15.8 Å². The van der Waals surface area contributed by atoms with Gasteiger partial charge in [0.25, 0.3) is 0 Å². The fourth-order valence-electron chi connectivity index (χ4n) is 3.42. The maximum absolute atomic E-state index is 12.5. The molecule has 0 spiro atoms. The summed E-state index contributed by atoms with van der Waals surface area (Å²) in [7, 11) is 1.60. The lowest BCUT2D eigenvalue weighted by Crippen LogP contribution is -2.14. The molecule has 1 amide bonds. The molecule has 4 aromatic carbocycles. The van der Waals surface area contributed by atoms with Crippen LogP contribution in [0.4, 0.5) is 16.2 Å². The second kappa shape index (κ2) is 8.57. The number of nitrogens with two attached hydrogens (primary N) is 1. The highest BCUT2D eigenvalue weighted by Gasteiger charge is 2.16. The first-order valence-corrected chi connectivity index (χ1v) is 9.59. The van der Waals surface area contributed by atoms with E-state index < -0.39 is 6.09 Å². The summed E-state index contributed by atoms with van der Waals surface area (Å²) < 4.78 is 10.8. The normalized spacial score (nSPS) is 10.6. The number of ether oxygens (including phenoxy) is 2. The molecule has 0 aliphatic heterocycles. The van der Waals surface area contributed by atoms with Crippen molar-refractivity contribution in [1.82, 2.24) is 0 Å². The zero-order chi connectivity index (χ0) is 20.9. The van der Waals surface area contributed by atoms with Crippen molar-refractivity contribution < 1.29 is 14.3 Å². The lowest BCUT2D eigenvalue weighted by Gasteiger charge is -2.16. The topological polar surface area (TPSA) is 73.6 Å². The number of nitrogen functional groups attached to an aromatic ring is 1. The summed E-state index contributed by atoms with van der Waals surface area (Å²) in [6.07, 6.45) is -0.538. The molecule has 0 aliphatic rings. The molecule has 0 saturated carbocycles. The molecule has 0 radical (unpaired) electrons. The third kappa shape index (κ3) is 4.05. The summed E-state index contributed by atoms with van der Waals surface area (Å²) in [6, 6.07) is 26.8. The standard InChI is InChI=1S/C25H22N2O3/c1-29-19-12-14-23(27-25(28)30-16-17-7-3-2-4-8-17)21(15-19)24-20-10-6-5-9-18(20)11-13-22(24)26/h2-15H,16,26H2,1H3,(H,27,28). The molecule has 150 valence electrons. The molecule has 5 heteroatoms. The van der Waals surface area contributed by atoms with Crippen LogP contribution in [0.15, 0.2) is 84.9 Å². The van der Waals surface area contributed by atoms with E-state index in [0.29, 0.717) is 17.1 Å². The van der Waals surface area contributed by atoms with E-state index in [0.717, 1.165) is 27.5 Å². The SMILES string of the molecule is COc1ccc(NC(=O)OCc2ccccc2)c(-c2c(N)ccc3ccccc23)c1. The van der Waals surface area contributed by atoms with Crippen LogP contribution in [0.2, 0.25) is 0 Å². The predicted octanol–water partition coefficient (Wildman–Crippen LogP) is 5.85. The van der Waals surface area contributed by atoms with Crippen LogP contribution >= 0.6 is 0 Å². The summed E-state index contributed by atoms with van der Waals surface area (Å²) in [5, 5.41) is 4.90. The van der Waals surface area contributed by atoms with Gasteiger partial charge in [0, 0.05) is 16.8 Å². The van der Waals surface area contributed by atoms with E-state index in [1.54, 1.807) is 19.2 Å². The van der Waals surface area contributed by atoms with Crippen molar-refractivity contribution in [2.45, 2.75) is 6.61 Å². The van der Waals surface area contributed by atoms with Gasteiger partial charge in [-0.15, -0.1) is 0 Å². The Morgan fingerprint density at radius 3 is 2.50 bits per heavy atom. The predicted molar refractivity (Wildman–Crippen MR) is 121 cm³/mol. The quantitative estimate of drug-likeness (QED) is 0.414. The molecule has 0 aliphatic carbocycles. The molecule has 0 unspecified atom stereocenters. The monoisotopic (exact) mass is 398 g/mol. The number of nitrogens with one attached hydrogen (secondary N) is 1. The zero-order valence-corrected chi connectivity index (χ0v) is 16.6. The number of hydrogen-bond donors (Lipinski definition) is 2. The highest BCUT2D eigenvalue weighted by molar-refractivity contribution is 6.06. The first-order chi connectivity index (χ1) is 14.7. The van der Waals surface area contributed by atoms with Gasteiger partial charge in [-0.1, -0.05) is 60.7 Å². The Morgan fingerprint density at radius 1 is 0.933 bits per heavy atom. The summed E-state index contributed by atoms with van der Waals surface area (Å²) in [4.78, 5) is 12.5. The third-order valence-corrected chi connectivity index (χ3v) is 4.91. The average molecular weight is 398 g/mol. The van der Waals surface area contributed by atoms with Gasteiger partial charge in [-0.25, -0.2) is 4.79 Å². The Balaban J connectivity index is 1.69. The van der Waals surface area contributed by atoms with E-state index in [-0.39, 0.29) is 6.61 Å². The van der Waals surface area contributed by atoms with Crippen molar-refractivity contribution in [1.29, 1.82) is 0 Å². The highest BCUT2D eigenvalue weighted by Crippen LogP contribution is 2.40. The zero-order valence-electron chi connectivity index (χ0n) is 16.6. The third-order valence-electron chi connectivity index (χ3n) is 4.91. The van der Waals surface area contributed by atoms with Gasteiger partial charge in [0.15, 0.2) is 0 Å². The van der Waals surface area contributed by atoms with E-state index in [2.05, 4.69) is 5.32 Å². The Hall–Kier alpha value is -3.99. The van der Waals surface area contributed by atoms with Crippen LogP contribution in [0.1, 0.15) is 5.56 Å². The van der Waals surface area contributed by atoms with Crippen molar-refractivity contribution in [2.75, 3.05) is 18.2 Å². The van der Waals surface area contributed by atoms with Gasteiger partial charge < -0.3 is 15.2 Å². The van der Waals surface area contributed by atoms with Gasteiger partial charge in [0.05, 0.1) is 12.8 Å². The summed E-state index contributed by atoms with van der Waals surface area (Å²) in [5.74, 6) is 0.667. The number of anilines is 2. The van der Waals surface area contributed by atoms with Crippen LogP contribution in [0, 0.1) is 0 Å². The molecule has 4 aromatic rings. The van der Waals surface area contributed by atoms with E-state index >= 15 is 0 Å². The Morgan fingerprint density at radius 2 is 1.70 bits per heavy atom. The number of carbonyl (C=O) groups excluding carboxylic acids is 1. The van der Waals surface area contributed by atoms with Crippen molar-refractivity contribution in [2.24, 2.45) is 0 Å². The average Bonchev–Trinajstić information content (AvgIpc) is 2.79. The molecule has 30 heavy (non-hydrogen) atoms. The molecule has 0 saturated heterocycles. The minimum absolute atomic E-state index is 0.189. The van der Waals surface area contributed by atoms with E-state index in [4.69, 9.17) is 15.2 Å². The second-order valence-electron chi connectivity index (χ2n) is 6.85. The fourth-order valence-corrected chi connectivity index (χ4v) is 3.42. The summed E-state index contributed by atoms with van der Waals surface area (Å²) in [5.41, 5.74) is 10.1. The molecule has 0 fully saturated rings. The minimum Gasteiger partial charge on any atom is -0.497 e. The molecule has 0 atom stereocenters. The van der Waals surface area contributed by atoms with Crippen LogP contribution in [0.25, 0.3) is 21.9 Å². The minimum atomic E-state index is -0.538. The largest absolute Gasteiger partial charge is 0.497 e. The summed E-state index contributed by atoms with van der Waals surface area (Å²) in [6.45, 7) is 0.189. The smallest absolute Gasteiger partial charge is 0.411 e. The number of fused-ring (bicyclic) bond motifs is 1. The van der Waals surface area contributed by atoms with Crippen molar-refractivity contribution in [3.63, 3.8) is 0 Å². The van der Waals surface area contributed by atoms with Crippen LogP contribution in [-0.4, -0.2) is 13.2 Å². The number of hydrogen-bond acceptors (Lipinski definition) is 4. The van der Waals surface area contributed by atoms with Crippen LogP contribution in [0.5, 0.6) is 5.75 Å². The molecule has 5 nitrogen and oxygen atoms in total. The van der Waals surface area contributed by atoms with Crippen molar-refractivity contribution >= 4 is 28.2 Å². The number of rotatable bonds is 5. The van der Waals surface area contributed by atoms with Crippen LogP contribution in [0.3, 0.4) is 0 Å². The number of amides is 1. The van der Waals surface area contributed by atoms with Gasteiger partial charge in [0.1, 0.15) is 12.4 Å². The molecule has 0 bridgehead atoms. The van der Waals surface area contributed by atoms with Gasteiger partial charge in [0.2, 0.25) is 0 Å². The van der Waals surface area contributed by atoms with Crippen molar-refractivity contribution in [3.05, 3.63) is 90.5 Å². The fraction of sp³-hybridized carbons (Fsp3) is 0.0800. The second-order valence-corrected chi connectivity index (χ2v) is 6.85. The molecular weight excluding hydrogens is 376 g/mol. The Labute approximate surface area is 175 Å². The van der Waals surface area contributed by atoms with Crippen molar-refractivity contribution in [3.8, 4) is 16.9 Å². The first kappa shape index (κ1) is 19.3. The van der Waals surface area contributed by atoms with Gasteiger partial charge >= 0.3 is 6.09 Å². The first-order valence-electron chi connectivity index (χ1n) is 9.59. The van der Waals surface area contributed by atoms with E-state index in [9.17, 15) is 4.79 Å². The molecule has 0 aromatic heterocycles. The lowest BCUT2D eigenvalue weighted by molar-refractivity contribution is 0.155. The molecule has 3 N–H and O–H groups in total. The maximum Gasteiger partial charge on any atom is 0.411 e. The highest BCUT2D eigenvalue weighted by atomic mass is 16.5. The number of benzene rings is 4. The Bertz CT molecular complexity index is 1190. The lowest BCUT2D eigenvalue weighted by atomic mass is 9.95. The number of methoxy groups -OCH3 is 1. The maximum atomic E-state index is 12.5. The molecular formula is C25H22N2O3. The van der Waals surface area contributed by atoms with Crippen LogP contribution in [-0.2, 0) is 11.3 Å².